The average molecular weight is 350 g/mol. The SMILES string of the molecule is CC(C)COC(=O)COC1CCC(Oc2ccc(C(=O)O)cc2)CC1. The number of carboxylic acid groups (broad SMARTS) is 1. The molecule has 0 radical (unpaired) electrons. The molecule has 0 amide bonds. The van der Waals surface area contributed by atoms with Crippen molar-refractivity contribution in [2.75, 3.05) is 13.2 Å². The largest absolute Gasteiger partial charge is 0.490 e. The van der Waals surface area contributed by atoms with Crippen LogP contribution in [0.3, 0.4) is 0 Å². The Kier molecular flexibility index (Phi) is 7.25. The second-order valence-corrected chi connectivity index (χ2v) is 6.73. The summed E-state index contributed by atoms with van der Waals surface area (Å²) in [6, 6.07) is 6.43. The zero-order valence-corrected chi connectivity index (χ0v) is 14.8. The van der Waals surface area contributed by atoms with E-state index >= 15 is 0 Å². The van der Waals surface area contributed by atoms with Crippen LogP contribution in [0.2, 0.25) is 0 Å². The van der Waals surface area contributed by atoms with Crippen molar-refractivity contribution in [3.05, 3.63) is 29.8 Å². The van der Waals surface area contributed by atoms with Gasteiger partial charge in [0.2, 0.25) is 0 Å². The van der Waals surface area contributed by atoms with E-state index < -0.39 is 5.97 Å². The minimum absolute atomic E-state index is 0.000436. The summed E-state index contributed by atoms with van der Waals surface area (Å²) in [7, 11) is 0. The topological polar surface area (TPSA) is 82.1 Å². The van der Waals surface area contributed by atoms with E-state index in [0.29, 0.717) is 18.3 Å². The predicted octanol–water partition coefficient (Wildman–Crippen LogP) is 3.29. The fourth-order valence-electron chi connectivity index (χ4n) is 2.67. The fourth-order valence-corrected chi connectivity index (χ4v) is 2.67. The van der Waals surface area contributed by atoms with Gasteiger partial charge >= 0.3 is 11.9 Å². The molecule has 25 heavy (non-hydrogen) atoms. The van der Waals surface area contributed by atoms with Gasteiger partial charge < -0.3 is 19.3 Å². The van der Waals surface area contributed by atoms with Crippen LogP contribution in [0.25, 0.3) is 0 Å². The Labute approximate surface area is 148 Å². The van der Waals surface area contributed by atoms with Crippen molar-refractivity contribution in [1.82, 2.24) is 0 Å². The smallest absolute Gasteiger partial charge is 0.335 e. The van der Waals surface area contributed by atoms with Gasteiger partial charge in [0.25, 0.3) is 0 Å². The van der Waals surface area contributed by atoms with Gasteiger partial charge in [0.1, 0.15) is 12.4 Å². The lowest BCUT2D eigenvalue weighted by atomic mass is 9.95. The van der Waals surface area contributed by atoms with Crippen molar-refractivity contribution in [2.24, 2.45) is 5.92 Å². The van der Waals surface area contributed by atoms with Crippen LogP contribution in [0.4, 0.5) is 0 Å². The van der Waals surface area contributed by atoms with Gasteiger partial charge in [0.15, 0.2) is 0 Å². The maximum Gasteiger partial charge on any atom is 0.335 e. The van der Waals surface area contributed by atoms with Crippen LogP contribution in [0.15, 0.2) is 24.3 Å². The Hall–Kier alpha value is -2.08. The first-order valence-corrected chi connectivity index (χ1v) is 8.71. The normalized spacial score (nSPS) is 20.3. The lowest BCUT2D eigenvalue weighted by Gasteiger charge is -2.28. The summed E-state index contributed by atoms with van der Waals surface area (Å²) in [6.07, 6.45) is 3.48. The molecule has 2 rings (SSSR count). The van der Waals surface area contributed by atoms with Crippen LogP contribution in [-0.4, -0.2) is 42.5 Å². The minimum Gasteiger partial charge on any atom is -0.490 e. The standard InChI is InChI=1S/C19H26O6/c1-13(2)11-24-18(20)12-23-15-7-9-17(10-8-15)25-16-5-3-14(4-6-16)19(21)22/h3-6,13,15,17H,7-12H2,1-2H3,(H,21,22). The van der Waals surface area contributed by atoms with Gasteiger partial charge in [-0.25, -0.2) is 9.59 Å². The molecule has 0 heterocycles. The number of hydrogen-bond donors (Lipinski definition) is 1. The molecule has 1 saturated carbocycles. The molecule has 1 N–H and O–H groups in total. The fraction of sp³-hybridized carbons (Fsp3) is 0.579. The molecule has 1 aliphatic carbocycles. The number of ether oxygens (including phenoxy) is 3. The molecular weight excluding hydrogens is 324 g/mol. The van der Waals surface area contributed by atoms with E-state index in [-0.39, 0.29) is 30.3 Å². The molecule has 1 fully saturated rings. The second-order valence-electron chi connectivity index (χ2n) is 6.73. The molecule has 6 heteroatoms. The Morgan fingerprint density at radius 2 is 1.68 bits per heavy atom. The van der Waals surface area contributed by atoms with Gasteiger partial charge in [-0.15, -0.1) is 0 Å². The van der Waals surface area contributed by atoms with E-state index in [1.807, 2.05) is 13.8 Å². The molecule has 1 aromatic carbocycles. The number of carboxylic acids is 1. The van der Waals surface area contributed by atoms with Crippen LogP contribution in [-0.2, 0) is 14.3 Å². The van der Waals surface area contributed by atoms with E-state index in [1.165, 1.54) is 12.1 Å². The summed E-state index contributed by atoms with van der Waals surface area (Å²) in [5, 5.41) is 8.89. The first-order chi connectivity index (χ1) is 11.9. The molecule has 138 valence electrons. The maximum absolute atomic E-state index is 11.6. The van der Waals surface area contributed by atoms with Gasteiger partial charge in [0.05, 0.1) is 24.4 Å². The molecular formula is C19H26O6. The molecule has 0 aliphatic heterocycles. The number of carbonyl (C=O) groups excluding carboxylic acids is 1. The molecule has 0 atom stereocenters. The molecule has 0 saturated heterocycles. The molecule has 0 spiro atoms. The Bertz CT molecular complexity index is 558. The van der Waals surface area contributed by atoms with Gasteiger partial charge in [-0.3, -0.25) is 0 Å². The number of carbonyl (C=O) groups is 2. The quantitative estimate of drug-likeness (QED) is 0.725. The molecule has 0 bridgehead atoms. The van der Waals surface area contributed by atoms with Crippen molar-refractivity contribution >= 4 is 11.9 Å². The van der Waals surface area contributed by atoms with Gasteiger partial charge in [0, 0.05) is 0 Å². The third kappa shape index (κ3) is 6.74. The summed E-state index contributed by atoms with van der Waals surface area (Å²) < 4.78 is 16.6. The summed E-state index contributed by atoms with van der Waals surface area (Å²) in [5.74, 6) is -0.269. The first kappa shape index (κ1) is 19.2. The minimum atomic E-state index is -0.948. The van der Waals surface area contributed by atoms with Crippen molar-refractivity contribution in [3.8, 4) is 5.75 Å². The second kappa shape index (κ2) is 9.42. The zero-order valence-electron chi connectivity index (χ0n) is 14.8. The van der Waals surface area contributed by atoms with Crippen molar-refractivity contribution in [3.63, 3.8) is 0 Å². The van der Waals surface area contributed by atoms with E-state index in [4.69, 9.17) is 19.3 Å². The highest BCUT2D eigenvalue weighted by Gasteiger charge is 2.24. The zero-order chi connectivity index (χ0) is 18.2. The highest BCUT2D eigenvalue weighted by atomic mass is 16.6. The van der Waals surface area contributed by atoms with E-state index in [2.05, 4.69) is 0 Å². The predicted molar refractivity (Wildman–Crippen MR) is 91.8 cm³/mol. The van der Waals surface area contributed by atoms with Crippen LogP contribution < -0.4 is 4.74 Å². The summed E-state index contributed by atoms with van der Waals surface area (Å²) in [4.78, 5) is 22.4. The van der Waals surface area contributed by atoms with E-state index in [9.17, 15) is 9.59 Å². The Balaban J connectivity index is 1.67. The van der Waals surface area contributed by atoms with Gasteiger partial charge in [-0.1, -0.05) is 13.8 Å². The van der Waals surface area contributed by atoms with Crippen LogP contribution in [0.1, 0.15) is 49.9 Å². The van der Waals surface area contributed by atoms with Crippen molar-refractivity contribution in [2.45, 2.75) is 51.7 Å². The van der Waals surface area contributed by atoms with E-state index in [1.54, 1.807) is 12.1 Å². The number of hydrogen-bond acceptors (Lipinski definition) is 5. The Morgan fingerprint density at radius 3 is 2.24 bits per heavy atom. The third-order valence-corrected chi connectivity index (χ3v) is 4.04. The lowest BCUT2D eigenvalue weighted by molar-refractivity contribution is -0.153. The van der Waals surface area contributed by atoms with E-state index in [0.717, 1.165) is 25.7 Å². The molecule has 1 aromatic rings. The summed E-state index contributed by atoms with van der Waals surface area (Å²) >= 11 is 0. The molecule has 0 aromatic heterocycles. The number of esters is 1. The summed E-state index contributed by atoms with van der Waals surface area (Å²) in [6.45, 7) is 4.40. The van der Waals surface area contributed by atoms with Crippen molar-refractivity contribution in [1.29, 1.82) is 0 Å². The van der Waals surface area contributed by atoms with Crippen LogP contribution in [0, 0.1) is 5.92 Å². The van der Waals surface area contributed by atoms with Gasteiger partial charge in [-0.05, 0) is 55.9 Å². The average Bonchev–Trinajstić information content (AvgIpc) is 2.60. The van der Waals surface area contributed by atoms with Gasteiger partial charge in [-0.2, -0.15) is 0 Å². The van der Waals surface area contributed by atoms with Crippen molar-refractivity contribution < 1.29 is 28.9 Å². The summed E-state index contributed by atoms with van der Waals surface area (Å²) in [5.41, 5.74) is 0.244. The monoisotopic (exact) mass is 350 g/mol. The lowest BCUT2D eigenvalue weighted by Crippen LogP contribution is -2.30. The molecule has 6 nitrogen and oxygen atoms in total. The first-order valence-electron chi connectivity index (χ1n) is 8.71. The number of benzene rings is 1. The number of aromatic carboxylic acids is 1. The highest BCUT2D eigenvalue weighted by molar-refractivity contribution is 5.87. The highest BCUT2D eigenvalue weighted by Crippen LogP contribution is 2.25. The van der Waals surface area contributed by atoms with Crippen LogP contribution >= 0.6 is 0 Å². The Morgan fingerprint density at radius 1 is 1.08 bits per heavy atom. The molecule has 0 unspecified atom stereocenters. The maximum atomic E-state index is 11.6. The number of rotatable bonds is 8. The third-order valence-electron chi connectivity index (χ3n) is 4.04. The molecule has 1 aliphatic rings. The van der Waals surface area contributed by atoms with Crippen LogP contribution in [0.5, 0.6) is 5.75 Å².